The minimum Gasteiger partial charge on any atom is -0.394 e. The van der Waals surface area contributed by atoms with Gasteiger partial charge in [0.15, 0.2) is 5.78 Å². The zero-order valence-electron chi connectivity index (χ0n) is 10.5. The number of carbonyl (C=O) groups is 1. The molecule has 4 nitrogen and oxygen atoms in total. The highest BCUT2D eigenvalue weighted by Gasteiger charge is 2.14. The van der Waals surface area contributed by atoms with Crippen molar-refractivity contribution >= 4 is 16.6 Å². The smallest absolute Gasteiger partial charge is 0.175 e. The molecule has 0 bridgehead atoms. The molecule has 100 valence electrons. The van der Waals surface area contributed by atoms with Crippen LogP contribution in [-0.4, -0.2) is 44.4 Å². The number of carbonyl (C=O) groups excluding carboxylic acids is 1. The molecule has 0 aromatic heterocycles. The Hall–Kier alpha value is -1.04. The van der Waals surface area contributed by atoms with Gasteiger partial charge in [-0.25, -0.2) is 0 Å². The van der Waals surface area contributed by atoms with Crippen molar-refractivity contribution in [2.75, 3.05) is 18.1 Å². The predicted molar refractivity (Wildman–Crippen MR) is 71.2 cm³/mol. The molecule has 0 saturated heterocycles. The number of ketones is 1. The van der Waals surface area contributed by atoms with Gasteiger partial charge in [0.1, 0.15) is 0 Å². The lowest BCUT2D eigenvalue weighted by Gasteiger charge is -2.07. The van der Waals surface area contributed by atoms with E-state index in [-0.39, 0.29) is 17.3 Å². The molecular weight excluding hydrogens is 252 g/mol. The maximum atomic E-state index is 11.9. The van der Waals surface area contributed by atoms with E-state index in [1.54, 1.807) is 12.1 Å². The minimum absolute atomic E-state index is 0.0763. The zero-order valence-corrected chi connectivity index (χ0v) is 11.4. The van der Waals surface area contributed by atoms with E-state index >= 15 is 0 Å². The fourth-order valence-electron chi connectivity index (χ4n) is 1.47. The molecule has 0 saturated carbocycles. The molecule has 1 aromatic rings. The molecule has 0 radical (unpaired) electrons. The Morgan fingerprint density at radius 2 is 2.00 bits per heavy atom. The first-order chi connectivity index (χ1) is 8.43. The Morgan fingerprint density at radius 1 is 1.33 bits per heavy atom. The summed E-state index contributed by atoms with van der Waals surface area (Å²) in [5, 5.41) is 17.8. The average molecular weight is 270 g/mol. The maximum Gasteiger partial charge on any atom is 0.175 e. The largest absolute Gasteiger partial charge is 0.394 e. The molecule has 0 heterocycles. The van der Waals surface area contributed by atoms with Gasteiger partial charge in [-0.3, -0.25) is 9.00 Å². The normalized spacial score (nSPS) is 14.2. The van der Waals surface area contributed by atoms with Crippen LogP contribution in [0.2, 0.25) is 0 Å². The van der Waals surface area contributed by atoms with E-state index in [9.17, 15) is 9.00 Å². The van der Waals surface area contributed by atoms with Crippen molar-refractivity contribution in [3.05, 3.63) is 34.9 Å². The molecule has 2 atom stereocenters. The van der Waals surface area contributed by atoms with Crippen LogP contribution in [0.5, 0.6) is 0 Å². The molecule has 0 spiro atoms. The first kappa shape index (κ1) is 15.0. The van der Waals surface area contributed by atoms with Crippen LogP contribution < -0.4 is 0 Å². The van der Waals surface area contributed by atoms with Crippen LogP contribution in [0.25, 0.3) is 0 Å². The predicted octanol–water partition coefficient (Wildman–Crippen LogP) is 0.588. The first-order valence-electron chi connectivity index (χ1n) is 5.68. The van der Waals surface area contributed by atoms with Crippen molar-refractivity contribution < 1.29 is 19.2 Å². The summed E-state index contributed by atoms with van der Waals surface area (Å²) in [7, 11) is -1.45. The van der Waals surface area contributed by atoms with Gasteiger partial charge in [0.05, 0.1) is 24.2 Å². The molecule has 0 amide bonds. The molecule has 0 aliphatic rings. The molecule has 2 N–H and O–H groups in total. The Balaban J connectivity index is 2.65. The van der Waals surface area contributed by atoms with Crippen molar-refractivity contribution in [1.82, 2.24) is 0 Å². The van der Waals surface area contributed by atoms with E-state index in [0.29, 0.717) is 5.56 Å². The lowest BCUT2D eigenvalue weighted by molar-refractivity contribution is 0.101. The van der Waals surface area contributed by atoms with Gasteiger partial charge in [-0.2, -0.15) is 0 Å². The van der Waals surface area contributed by atoms with E-state index < -0.39 is 23.5 Å². The number of aryl methyl sites for hydroxylation is 2. The monoisotopic (exact) mass is 270 g/mol. The van der Waals surface area contributed by atoms with Crippen LogP contribution in [0.1, 0.15) is 21.5 Å². The van der Waals surface area contributed by atoms with Crippen molar-refractivity contribution in [3.8, 4) is 0 Å². The highest BCUT2D eigenvalue weighted by atomic mass is 32.2. The van der Waals surface area contributed by atoms with Crippen molar-refractivity contribution in [1.29, 1.82) is 0 Å². The molecule has 18 heavy (non-hydrogen) atoms. The number of Topliss-reactive ketones (excluding diaryl/α,β-unsaturated/α-hetero) is 1. The van der Waals surface area contributed by atoms with Crippen molar-refractivity contribution in [2.24, 2.45) is 0 Å². The molecule has 5 heteroatoms. The second-order valence-electron chi connectivity index (χ2n) is 4.31. The summed E-state index contributed by atoms with van der Waals surface area (Å²) in [5.74, 6) is -0.409. The van der Waals surface area contributed by atoms with Crippen LogP contribution in [-0.2, 0) is 10.8 Å². The Bertz CT molecular complexity index is 456. The van der Waals surface area contributed by atoms with Gasteiger partial charge >= 0.3 is 0 Å². The van der Waals surface area contributed by atoms with Crippen LogP contribution in [0, 0.1) is 13.8 Å². The quantitative estimate of drug-likeness (QED) is 0.742. The molecule has 1 aromatic carbocycles. The maximum absolute atomic E-state index is 11.9. The molecule has 1 rings (SSSR count). The molecule has 2 unspecified atom stereocenters. The second kappa shape index (κ2) is 6.78. The number of aliphatic hydroxyl groups excluding tert-OH is 2. The summed E-state index contributed by atoms with van der Waals surface area (Å²) in [6.07, 6.45) is -1.03. The first-order valence-corrected chi connectivity index (χ1v) is 7.17. The van der Waals surface area contributed by atoms with Crippen LogP contribution in [0.3, 0.4) is 0 Å². The van der Waals surface area contributed by atoms with Gasteiger partial charge in [-0.1, -0.05) is 12.1 Å². The number of hydrogen-bond donors (Lipinski definition) is 2. The highest BCUT2D eigenvalue weighted by molar-refractivity contribution is 7.85. The van der Waals surface area contributed by atoms with E-state index in [2.05, 4.69) is 0 Å². The van der Waals surface area contributed by atoms with Crippen molar-refractivity contribution in [2.45, 2.75) is 20.0 Å². The molecule has 0 aliphatic heterocycles. The number of aliphatic hydroxyl groups is 2. The van der Waals surface area contributed by atoms with Crippen LogP contribution in [0.4, 0.5) is 0 Å². The van der Waals surface area contributed by atoms with Gasteiger partial charge in [0.2, 0.25) is 0 Å². The lowest BCUT2D eigenvalue weighted by Crippen LogP contribution is -2.24. The Kier molecular flexibility index (Phi) is 5.65. The van der Waals surface area contributed by atoms with Gasteiger partial charge in [0.25, 0.3) is 0 Å². The van der Waals surface area contributed by atoms with Crippen LogP contribution in [0.15, 0.2) is 18.2 Å². The Labute approximate surface area is 109 Å². The van der Waals surface area contributed by atoms with E-state index in [1.165, 1.54) is 0 Å². The third-order valence-corrected chi connectivity index (χ3v) is 4.05. The summed E-state index contributed by atoms with van der Waals surface area (Å²) in [6, 6.07) is 5.34. The van der Waals surface area contributed by atoms with Crippen molar-refractivity contribution in [3.63, 3.8) is 0 Å². The fourth-order valence-corrected chi connectivity index (χ4v) is 2.58. The number of rotatable bonds is 6. The standard InChI is InChI=1S/C13H18O4S/c1-9-3-4-11(5-10(9)2)13(16)8-18(17)7-12(15)6-14/h3-5,12,14-15H,6-8H2,1-2H3. The Morgan fingerprint density at radius 3 is 2.56 bits per heavy atom. The molecule has 0 aliphatic carbocycles. The average Bonchev–Trinajstić information content (AvgIpc) is 2.32. The van der Waals surface area contributed by atoms with Gasteiger partial charge in [0, 0.05) is 16.4 Å². The van der Waals surface area contributed by atoms with Crippen LogP contribution >= 0.6 is 0 Å². The van der Waals surface area contributed by atoms with Gasteiger partial charge < -0.3 is 10.2 Å². The SMILES string of the molecule is Cc1ccc(C(=O)CS(=O)CC(O)CO)cc1C. The van der Waals surface area contributed by atoms with Gasteiger partial charge in [-0.05, 0) is 31.0 Å². The van der Waals surface area contributed by atoms with E-state index in [4.69, 9.17) is 10.2 Å². The summed E-state index contributed by atoms with van der Waals surface area (Å²) in [5.41, 5.74) is 2.65. The van der Waals surface area contributed by atoms with Gasteiger partial charge in [-0.15, -0.1) is 0 Å². The third kappa shape index (κ3) is 4.33. The highest BCUT2D eigenvalue weighted by Crippen LogP contribution is 2.11. The summed E-state index contributed by atoms with van der Waals surface area (Å²) >= 11 is 0. The number of benzene rings is 1. The summed E-state index contributed by atoms with van der Waals surface area (Å²) in [4.78, 5) is 11.9. The zero-order chi connectivity index (χ0) is 13.7. The molecular formula is C13H18O4S. The summed E-state index contributed by atoms with van der Waals surface area (Å²) < 4.78 is 11.6. The summed E-state index contributed by atoms with van der Waals surface area (Å²) in [6.45, 7) is 3.43. The van der Waals surface area contributed by atoms with E-state index in [1.807, 2.05) is 19.9 Å². The molecule has 0 fully saturated rings. The van der Waals surface area contributed by atoms with E-state index in [0.717, 1.165) is 11.1 Å². The minimum atomic E-state index is -1.45. The third-order valence-electron chi connectivity index (χ3n) is 2.71. The lowest BCUT2D eigenvalue weighted by atomic mass is 10.0. The number of hydrogen-bond acceptors (Lipinski definition) is 4. The second-order valence-corrected chi connectivity index (χ2v) is 5.81. The fraction of sp³-hybridized carbons (Fsp3) is 0.462. The topological polar surface area (TPSA) is 74.6 Å².